The van der Waals surface area contributed by atoms with Crippen LogP contribution in [-0.2, 0) is 4.79 Å². The van der Waals surface area contributed by atoms with Crippen LogP contribution in [0.4, 0.5) is 4.39 Å². The lowest BCUT2D eigenvalue weighted by Crippen LogP contribution is -2.29. The largest absolute Gasteiger partial charge is 0.383 e. The van der Waals surface area contributed by atoms with Gasteiger partial charge in [-0.3, -0.25) is 9.79 Å². The topological polar surface area (TPSA) is 53.5 Å². The highest BCUT2D eigenvalue weighted by Gasteiger charge is 2.22. The number of carbonyl (C=O) groups excluding carboxylic acids is 1. The second-order valence-corrected chi connectivity index (χ2v) is 5.97. The number of aliphatic imine (C=N–C) groups is 1. The van der Waals surface area contributed by atoms with Crippen LogP contribution in [0.5, 0.6) is 0 Å². The molecule has 5 heteroatoms. The number of halogens is 1. The van der Waals surface area contributed by atoms with E-state index in [2.05, 4.69) is 27.8 Å². The van der Waals surface area contributed by atoms with Crippen LogP contribution in [0.2, 0.25) is 0 Å². The normalized spacial score (nSPS) is 22.2. The summed E-state index contributed by atoms with van der Waals surface area (Å²) < 4.78 is 13.6. The van der Waals surface area contributed by atoms with Crippen molar-refractivity contribution in [1.29, 1.82) is 0 Å². The number of allylic oxidation sites excluding steroid dienone is 3. The van der Waals surface area contributed by atoms with Gasteiger partial charge in [0.25, 0.3) is 0 Å². The van der Waals surface area contributed by atoms with Crippen molar-refractivity contribution in [3.05, 3.63) is 83.0 Å². The number of rotatable bonds is 5. The first-order chi connectivity index (χ1) is 12.2. The minimum atomic E-state index is -0.199. The molecule has 0 saturated carbocycles. The highest BCUT2D eigenvalue weighted by molar-refractivity contribution is 6.12. The molecular formula is C20H20FN3O. The predicted molar refractivity (Wildman–Crippen MR) is 97.8 cm³/mol. The molecule has 2 unspecified atom stereocenters. The molecule has 0 fully saturated rings. The van der Waals surface area contributed by atoms with Crippen molar-refractivity contribution < 1.29 is 9.18 Å². The summed E-state index contributed by atoms with van der Waals surface area (Å²) in [6, 6.07) is 5.17. The smallest absolute Gasteiger partial charge is 0.160 e. The molecule has 128 valence electrons. The van der Waals surface area contributed by atoms with Crippen molar-refractivity contribution in [3.63, 3.8) is 0 Å². The predicted octanol–water partition coefficient (Wildman–Crippen LogP) is 2.90. The van der Waals surface area contributed by atoms with Gasteiger partial charge in [-0.25, -0.2) is 4.39 Å². The number of dihydropyridines is 2. The highest BCUT2D eigenvalue weighted by atomic mass is 19.1. The monoisotopic (exact) mass is 337 g/mol. The van der Waals surface area contributed by atoms with E-state index < -0.39 is 0 Å². The van der Waals surface area contributed by atoms with E-state index in [1.54, 1.807) is 6.92 Å². The van der Waals surface area contributed by atoms with E-state index in [0.29, 0.717) is 18.4 Å². The number of hydrogen-bond acceptors (Lipinski definition) is 4. The Balaban J connectivity index is 1.87. The van der Waals surface area contributed by atoms with Gasteiger partial charge < -0.3 is 10.6 Å². The van der Waals surface area contributed by atoms with Crippen molar-refractivity contribution in [2.24, 2.45) is 4.99 Å². The molecule has 0 aromatic heterocycles. The molecule has 25 heavy (non-hydrogen) atoms. The van der Waals surface area contributed by atoms with E-state index in [-0.39, 0.29) is 17.9 Å². The Morgan fingerprint density at radius 1 is 1.28 bits per heavy atom. The number of carbonyl (C=O) groups is 1. The third-order valence-corrected chi connectivity index (χ3v) is 4.22. The van der Waals surface area contributed by atoms with E-state index in [1.165, 1.54) is 12.3 Å². The first-order valence-electron chi connectivity index (χ1n) is 8.16. The molecular weight excluding hydrogens is 317 g/mol. The third-order valence-electron chi connectivity index (χ3n) is 4.22. The number of benzene rings is 1. The lowest BCUT2D eigenvalue weighted by atomic mass is 9.88. The van der Waals surface area contributed by atoms with Crippen LogP contribution in [0, 0.1) is 12.7 Å². The van der Waals surface area contributed by atoms with Gasteiger partial charge >= 0.3 is 0 Å². The Bertz CT molecular complexity index is 805. The number of aryl methyl sites for hydroxylation is 1. The van der Waals surface area contributed by atoms with Gasteiger partial charge in [-0.2, -0.15) is 0 Å². The average molecular weight is 337 g/mol. The quantitative estimate of drug-likeness (QED) is 0.642. The second kappa shape index (κ2) is 7.75. The van der Waals surface area contributed by atoms with Crippen LogP contribution in [0.3, 0.4) is 0 Å². The van der Waals surface area contributed by atoms with E-state index in [1.807, 2.05) is 36.7 Å². The summed E-state index contributed by atoms with van der Waals surface area (Å²) in [4.78, 5) is 14.4. The summed E-state index contributed by atoms with van der Waals surface area (Å²) in [6.45, 7) is 2.26. The average Bonchev–Trinajstić information content (AvgIpc) is 2.64. The first-order valence-corrected chi connectivity index (χ1v) is 8.16. The van der Waals surface area contributed by atoms with Gasteiger partial charge in [0.05, 0.1) is 24.8 Å². The van der Waals surface area contributed by atoms with Crippen LogP contribution < -0.4 is 10.6 Å². The molecule has 0 saturated heterocycles. The highest BCUT2D eigenvalue weighted by Crippen LogP contribution is 2.32. The fourth-order valence-electron chi connectivity index (χ4n) is 2.97. The molecule has 2 aliphatic heterocycles. The van der Waals surface area contributed by atoms with E-state index in [9.17, 15) is 9.18 Å². The molecule has 0 spiro atoms. The van der Waals surface area contributed by atoms with E-state index >= 15 is 0 Å². The zero-order valence-electron chi connectivity index (χ0n) is 13.9. The van der Waals surface area contributed by atoms with Crippen LogP contribution in [0.1, 0.15) is 17.2 Å². The second-order valence-electron chi connectivity index (χ2n) is 5.97. The Kier molecular flexibility index (Phi) is 5.23. The number of hydrogen-bond donors (Lipinski definition) is 2. The van der Waals surface area contributed by atoms with Gasteiger partial charge in [0.2, 0.25) is 0 Å². The lowest BCUT2D eigenvalue weighted by Gasteiger charge is -2.27. The molecule has 0 amide bonds. The standard InChI is InChI=1S/C20H20FN3O/c1-14-11-16(4-5-19(14)21)20-18(3-2-7-24-20)15-6-8-23-17(12-15)13-22-9-10-25/h2-12,17,20,23-24H,13H2,1H3. The molecule has 0 aliphatic carbocycles. The van der Waals surface area contributed by atoms with Crippen molar-refractivity contribution >= 4 is 12.5 Å². The summed E-state index contributed by atoms with van der Waals surface area (Å²) in [7, 11) is 0. The van der Waals surface area contributed by atoms with Gasteiger partial charge in [-0.15, -0.1) is 0 Å². The molecule has 1 aromatic rings. The molecule has 0 radical (unpaired) electrons. The summed E-state index contributed by atoms with van der Waals surface area (Å²) >= 11 is 0. The van der Waals surface area contributed by atoms with E-state index in [4.69, 9.17) is 0 Å². The fourth-order valence-corrected chi connectivity index (χ4v) is 2.97. The Hall–Kier alpha value is -2.95. The summed E-state index contributed by atoms with van der Waals surface area (Å²) in [6.07, 6.45) is 13.8. The fraction of sp³-hybridized carbons (Fsp3) is 0.200. The molecule has 3 rings (SSSR count). The van der Waals surface area contributed by atoms with Crippen LogP contribution >= 0.6 is 0 Å². The molecule has 2 N–H and O–H groups in total. The zero-order valence-corrected chi connectivity index (χ0v) is 13.9. The molecule has 2 heterocycles. The van der Waals surface area contributed by atoms with Crippen molar-refractivity contribution in [1.82, 2.24) is 10.6 Å². The minimum absolute atomic E-state index is 0.0265. The molecule has 4 nitrogen and oxygen atoms in total. The number of nitrogens with one attached hydrogen (secondary N) is 2. The lowest BCUT2D eigenvalue weighted by molar-refractivity contribution is -0.102. The number of aldehydes is 1. The Morgan fingerprint density at radius 3 is 2.96 bits per heavy atom. The van der Waals surface area contributed by atoms with Crippen LogP contribution in [0.25, 0.3) is 0 Å². The zero-order chi connectivity index (χ0) is 17.6. The minimum Gasteiger partial charge on any atom is -0.383 e. The van der Waals surface area contributed by atoms with E-state index in [0.717, 1.165) is 16.7 Å². The van der Waals surface area contributed by atoms with Crippen molar-refractivity contribution in [3.8, 4) is 0 Å². The third kappa shape index (κ3) is 3.94. The molecule has 2 aliphatic rings. The molecule has 0 bridgehead atoms. The van der Waals surface area contributed by atoms with Crippen LogP contribution in [0.15, 0.2) is 71.0 Å². The molecule has 2 atom stereocenters. The summed E-state index contributed by atoms with van der Waals surface area (Å²) in [5.74, 6) is -0.199. The van der Waals surface area contributed by atoms with Crippen LogP contribution in [-0.4, -0.2) is 25.1 Å². The summed E-state index contributed by atoms with van der Waals surface area (Å²) in [5, 5.41) is 6.57. The maximum atomic E-state index is 13.6. The maximum absolute atomic E-state index is 13.6. The SMILES string of the molecule is Cc1cc(C2NC=CC=C2C2=CC(CN=CC=O)NC=C2)ccc1F. The number of nitrogens with zero attached hydrogens (tertiary/aromatic N) is 1. The van der Waals surface area contributed by atoms with Gasteiger partial charge in [0.1, 0.15) is 5.82 Å². The van der Waals surface area contributed by atoms with Crippen molar-refractivity contribution in [2.45, 2.75) is 19.0 Å². The Labute approximate surface area is 146 Å². The first kappa shape index (κ1) is 16.9. The van der Waals surface area contributed by atoms with Gasteiger partial charge in [0.15, 0.2) is 6.29 Å². The summed E-state index contributed by atoms with van der Waals surface area (Å²) in [5.41, 5.74) is 3.83. The Morgan fingerprint density at radius 2 is 2.16 bits per heavy atom. The maximum Gasteiger partial charge on any atom is 0.160 e. The van der Waals surface area contributed by atoms with Gasteiger partial charge in [-0.05, 0) is 59.8 Å². The van der Waals surface area contributed by atoms with Gasteiger partial charge in [-0.1, -0.05) is 24.3 Å². The van der Waals surface area contributed by atoms with Gasteiger partial charge in [0, 0.05) is 0 Å². The molecule has 1 aromatic carbocycles. The van der Waals surface area contributed by atoms with Crippen molar-refractivity contribution in [2.75, 3.05) is 6.54 Å².